The number of piperidine rings is 1. The Morgan fingerprint density at radius 3 is 2.00 bits per heavy atom. The van der Waals surface area contributed by atoms with E-state index in [1.54, 1.807) is 0 Å². The second-order valence-electron chi connectivity index (χ2n) is 6.46. The molecule has 1 aromatic rings. The Hall–Kier alpha value is -1.18. The number of nitrogens with one attached hydrogen (secondary N) is 1. The molecule has 0 atom stereocenters. The second kappa shape index (κ2) is 6.07. The van der Waals surface area contributed by atoms with E-state index in [-0.39, 0.29) is 0 Å². The van der Waals surface area contributed by atoms with Crippen LogP contribution in [0, 0.1) is 20.8 Å². The minimum absolute atomic E-state index is 0.560. The average Bonchev–Trinajstić information content (AvgIpc) is 2.43. The summed E-state index contributed by atoms with van der Waals surface area (Å²) >= 11 is 0. The molecule has 1 aliphatic rings. The Labute approximate surface area is 124 Å². The van der Waals surface area contributed by atoms with Crippen molar-refractivity contribution >= 4 is 11.4 Å². The van der Waals surface area contributed by atoms with E-state index in [9.17, 15) is 0 Å². The van der Waals surface area contributed by atoms with Gasteiger partial charge < -0.3 is 10.2 Å². The molecule has 112 valence electrons. The largest absolute Gasteiger partial charge is 0.388 e. The molecule has 0 saturated carbocycles. The van der Waals surface area contributed by atoms with E-state index >= 15 is 0 Å². The van der Waals surface area contributed by atoms with Crippen molar-refractivity contribution < 1.29 is 0 Å². The van der Waals surface area contributed by atoms with Crippen LogP contribution in [0.2, 0.25) is 0 Å². The smallest absolute Gasteiger partial charge is 0.0449 e. The average molecular weight is 274 g/mol. The van der Waals surface area contributed by atoms with Crippen molar-refractivity contribution in [3.05, 3.63) is 22.3 Å². The van der Waals surface area contributed by atoms with Crippen LogP contribution < -0.4 is 10.2 Å². The van der Waals surface area contributed by atoms with Gasteiger partial charge in [0.1, 0.15) is 0 Å². The maximum Gasteiger partial charge on any atom is 0.0449 e. The van der Waals surface area contributed by atoms with Crippen LogP contribution >= 0.6 is 0 Å². The molecule has 1 heterocycles. The van der Waals surface area contributed by atoms with Crippen LogP contribution in [-0.4, -0.2) is 20.1 Å². The molecule has 1 fully saturated rings. The quantitative estimate of drug-likeness (QED) is 0.854. The fourth-order valence-corrected chi connectivity index (χ4v) is 3.80. The fourth-order valence-electron chi connectivity index (χ4n) is 3.80. The molecular formula is C18H30N2. The fraction of sp³-hybridized carbons (Fsp3) is 0.667. The maximum absolute atomic E-state index is 3.47. The van der Waals surface area contributed by atoms with Crippen molar-refractivity contribution in [1.82, 2.24) is 0 Å². The van der Waals surface area contributed by atoms with Gasteiger partial charge in [-0.1, -0.05) is 13.8 Å². The zero-order valence-corrected chi connectivity index (χ0v) is 14.1. The van der Waals surface area contributed by atoms with Crippen LogP contribution in [0.4, 0.5) is 11.4 Å². The molecule has 1 saturated heterocycles. The lowest BCUT2D eigenvalue weighted by atomic mass is 9.88. The van der Waals surface area contributed by atoms with Gasteiger partial charge in [-0.2, -0.15) is 0 Å². The Balaban J connectivity index is 2.60. The maximum atomic E-state index is 3.47. The van der Waals surface area contributed by atoms with E-state index in [4.69, 9.17) is 0 Å². The predicted octanol–water partition coefficient (Wildman–Crippen LogP) is 4.77. The standard InChI is InChI=1S/C18H30N2/c1-12(2)16-13(3)14(4)18(15(5)17(16)19-6)20-10-8-7-9-11-20/h12,19H,7-11H2,1-6H3. The summed E-state index contributed by atoms with van der Waals surface area (Å²) in [6, 6.07) is 0. The van der Waals surface area contributed by atoms with Gasteiger partial charge in [0, 0.05) is 31.5 Å². The van der Waals surface area contributed by atoms with Gasteiger partial charge >= 0.3 is 0 Å². The Bertz CT molecular complexity index is 483. The van der Waals surface area contributed by atoms with Gasteiger partial charge in [-0.25, -0.2) is 0 Å². The van der Waals surface area contributed by atoms with Crippen LogP contribution in [0.1, 0.15) is 61.3 Å². The van der Waals surface area contributed by atoms with Gasteiger partial charge in [0.25, 0.3) is 0 Å². The van der Waals surface area contributed by atoms with E-state index < -0.39 is 0 Å². The van der Waals surface area contributed by atoms with E-state index in [0.717, 1.165) is 0 Å². The van der Waals surface area contributed by atoms with Crippen LogP contribution in [0.15, 0.2) is 0 Å². The first kappa shape index (κ1) is 15.2. The molecule has 0 bridgehead atoms. The highest BCUT2D eigenvalue weighted by molar-refractivity contribution is 5.76. The molecule has 1 aromatic carbocycles. The zero-order valence-electron chi connectivity index (χ0n) is 14.1. The van der Waals surface area contributed by atoms with Gasteiger partial charge in [-0.3, -0.25) is 0 Å². The van der Waals surface area contributed by atoms with E-state index in [1.165, 1.54) is 66.0 Å². The van der Waals surface area contributed by atoms with Crippen LogP contribution in [0.5, 0.6) is 0 Å². The Morgan fingerprint density at radius 2 is 1.50 bits per heavy atom. The Kier molecular flexibility index (Phi) is 4.62. The molecule has 1 aliphatic heterocycles. The molecular weight excluding hydrogens is 244 g/mol. The number of hydrogen-bond donors (Lipinski definition) is 1. The summed E-state index contributed by atoms with van der Waals surface area (Å²) < 4.78 is 0. The monoisotopic (exact) mass is 274 g/mol. The molecule has 20 heavy (non-hydrogen) atoms. The van der Waals surface area contributed by atoms with Gasteiger partial charge in [0.2, 0.25) is 0 Å². The van der Waals surface area contributed by atoms with Crippen molar-refractivity contribution in [3.63, 3.8) is 0 Å². The summed E-state index contributed by atoms with van der Waals surface area (Å²) in [7, 11) is 2.06. The number of anilines is 2. The van der Waals surface area contributed by atoms with Crippen molar-refractivity contribution in [3.8, 4) is 0 Å². The summed E-state index contributed by atoms with van der Waals surface area (Å²) in [5.41, 5.74) is 8.70. The van der Waals surface area contributed by atoms with Gasteiger partial charge in [-0.15, -0.1) is 0 Å². The molecule has 2 rings (SSSR count). The minimum atomic E-state index is 0.560. The molecule has 1 N–H and O–H groups in total. The van der Waals surface area contributed by atoms with Gasteiger partial charge in [-0.05, 0) is 68.2 Å². The number of rotatable bonds is 3. The molecule has 2 heteroatoms. The summed E-state index contributed by atoms with van der Waals surface area (Å²) in [6.45, 7) is 13.9. The summed E-state index contributed by atoms with van der Waals surface area (Å²) in [5, 5.41) is 3.47. The van der Waals surface area contributed by atoms with E-state index in [1.807, 2.05) is 0 Å². The molecule has 0 spiro atoms. The lowest BCUT2D eigenvalue weighted by molar-refractivity contribution is 0.576. The topological polar surface area (TPSA) is 15.3 Å². The summed E-state index contributed by atoms with van der Waals surface area (Å²) in [5.74, 6) is 0.560. The first-order valence-corrected chi connectivity index (χ1v) is 8.05. The van der Waals surface area contributed by atoms with Crippen molar-refractivity contribution in [2.75, 3.05) is 30.4 Å². The lowest BCUT2D eigenvalue weighted by Crippen LogP contribution is -2.31. The van der Waals surface area contributed by atoms with E-state index in [2.05, 4.69) is 51.9 Å². The summed E-state index contributed by atoms with van der Waals surface area (Å²) in [4.78, 5) is 2.60. The second-order valence-corrected chi connectivity index (χ2v) is 6.46. The minimum Gasteiger partial charge on any atom is -0.388 e. The molecule has 0 aromatic heterocycles. The molecule has 0 unspecified atom stereocenters. The third-order valence-electron chi connectivity index (χ3n) is 4.82. The van der Waals surface area contributed by atoms with Crippen molar-refractivity contribution in [2.45, 2.75) is 59.8 Å². The normalized spacial score (nSPS) is 15.8. The van der Waals surface area contributed by atoms with E-state index in [0.29, 0.717) is 5.92 Å². The molecule has 2 nitrogen and oxygen atoms in total. The zero-order chi connectivity index (χ0) is 14.9. The first-order valence-electron chi connectivity index (χ1n) is 8.05. The van der Waals surface area contributed by atoms with Crippen LogP contribution in [-0.2, 0) is 0 Å². The Morgan fingerprint density at radius 1 is 0.900 bits per heavy atom. The van der Waals surface area contributed by atoms with Crippen molar-refractivity contribution in [2.24, 2.45) is 0 Å². The summed E-state index contributed by atoms with van der Waals surface area (Å²) in [6.07, 6.45) is 4.05. The highest BCUT2D eigenvalue weighted by Gasteiger charge is 2.22. The number of nitrogens with zero attached hydrogens (tertiary/aromatic N) is 1. The van der Waals surface area contributed by atoms with Crippen molar-refractivity contribution in [1.29, 1.82) is 0 Å². The molecule has 0 radical (unpaired) electrons. The lowest BCUT2D eigenvalue weighted by Gasteiger charge is -2.34. The first-order chi connectivity index (χ1) is 9.49. The van der Waals surface area contributed by atoms with Crippen LogP contribution in [0.25, 0.3) is 0 Å². The molecule has 0 amide bonds. The highest BCUT2D eigenvalue weighted by atomic mass is 15.1. The van der Waals surface area contributed by atoms with Gasteiger partial charge in [0.05, 0.1) is 0 Å². The van der Waals surface area contributed by atoms with Crippen LogP contribution in [0.3, 0.4) is 0 Å². The third kappa shape index (κ3) is 2.53. The highest BCUT2D eigenvalue weighted by Crippen LogP contribution is 2.40. The third-order valence-corrected chi connectivity index (χ3v) is 4.82. The SMILES string of the molecule is CNc1c(C)c(N2CCCCC2)c(C)c(C)c1C(C)C. The number of benzene rings is 1. The molecule has 0 aliphatic carbocycles. The predicted molar refractivity (Wildman–Crippen MR) is 90.4 cm³/mol. The van der Waals surface area contributed by atoms with Gasteiger partial charge in [0.15, 0.2) is 0 Å². The number of hydrogen-bond acceptors (Lipinski definition) is 2.